The normalized spacial score (nSPS) is 20.6. The number of hydrogen-bond acceptors (Lipinski definition) is 4. The van der Waals surface area contributed by atoms with Gasteiger partial charge in [-0.05, 0) is 43.7 Å². The molecule has 1 unspecified atom stereocenters. The maximum absolute atomic E-state index is 12.4. The molecule has 2 N–H and O–H groups in total. The standard InChI is InChI=1S/C17H23N3O3.ClH/c21-15-5-3-13(4-6-15)17(23)20-10-8-19(9-11-20)16(22)12-14-2-1-7-18-14;/h3-6,14,18,21H,1-2,7-12H2;1H. The lowest BCUT2D eigenvalue weighted by Crippen LogP contribution is -2.51. The van der Waals surface area contributed by atoms with Crippen molar-refractivity contribution in [1.29, 1.82) is 0 Å². The van der Waals surface area contributed by atoms with Crippen LogP contribution in [-0.4, -0.2) is 65.5 Å². The number of benzene rings is 1. The van der Waals surface area contributed by atoms with Crippen LogP contribution in [0.3, 0.4) is 0 Å². The van der Waals surface area contributed by atoms with E-state index in [1.54, 1.807) is 17.0 Å². The summed E-state index contributed by atoms with van der Waals surface area (Å²) in [7, 11) is 0. The summed E-state index contributed by atoms with van der Waals surface area (Å²) < 4.78 is 0. The number of carbonyl (C=O) groups is 2. The summed E-state index contributed by atoms with van der Waals surface area (Å²) in [5.74, 6) is 0.285. The number of hydrogen-bond donors (Lipinski definition) is 2. The van der Waals surface area contributed by atoms with Gasteiger partial charge in [0.2, 0.25) is 5.91 Å². The van der Waals surface area contributed by atoms with Crippen molar-refractivity contribution in [3.05, 3.63) is 29.8 Å². The van der Waals surface area contributed by atoms with Crippen molar-refractivity contribution in [2.75, 3.05) is 32.7 Å². The topological polar surface area (TPSA) is 72.9 Å². The number of aromatic hydroxyl groups is 1. The summed E-state index contributed by atoms with van der Waals surface area (Å²) >= 11 is 0. The summed E-state index contributed by atoms with van der Waals surface area (Å²) in [6, 6.07) is 6.60. The Morgan fingerprint density at radius 3 is 2.29 bits per heavy atom. The molecule has 0 saturated carbocycles. The quantitative estimate of drug-likeness (QED) is 0.857. The summed E-state index contributed by atoms with van der Waals surface area (Å²) in [4.78, 5) is 28.3. The molecule has 0 radical (unpaired) electrons. The zero-order valence-electron chi connectivity index (χ0n) is 13.6. The highest BCUT2D eigenvalue weighted by Gasteiger charge is 2.27. The van der Waals surface area contributed by atoms with Gasteiger partial charge in [-0.2, -0.15) is 0 Å². The fourth-order valence-corrected chi connectivity index (χ4v) is 3.22. The maximum Gasteiger partial charge on any atom is 0.253 e. The summed E-state index contributed by atoms with van der Waals surface area (Å²) in [6.07, 6.45) is 2.78. The Labute approximate surface area is 148 Å². The molecule has 0 spiro atoms. The Balaban J connectivity index is 0.00000208. The monoisotopic (exact) mass is 353 g/mol. The van der Waals surface area contributed by atoms with E-state index in [4.69, 9.17) is 0 Å². The minimum Gasteiger partial charge on any atom is -0.508 e. The van der Waals surface area contributed by atoms with E-state index >= 15 is 0 Å². The third kappa shape index (κ3) is 4.39. The Kier molecular flexibility index (Phi) is 6.45. The van der Waals surface area contributed by atoms with Crippen LogP contribution in [0.25, 0.3) is 0 Å². The van der Waals surface area contributed by atoms with Crippen molar-refractivity contribution < 1.29 is 14.7 Å². The van der Waals surface area contributed by atoms with Crippen molar-refractivity contribution in [3.63, 3.8) is 0 Å². The molecule has 0 aliphatic carbocycles. The van der Waals surface area contributed by atoms with E-state index < -0.39 is 0 Å². The van der Waals surface area contributed by atoms with E-state index in [1.807, 2.05) is 4.90 Å². The second-order valence-electron chi connectivity index (χ2n) is 6.22. The van der Waals surface area contributed by atoms with Gasteiger partial charge in [0, 0.05) is 44.2 Å². The van der Waals surface area contributed by atoms with E-state index in [-0.39, 0.29) is 30.0 Å². The zero-order valence-corrected chi connectivity index (χ0v) is 14.4. The first-order chi connectivity index (χ1) is 11.1. The Bertz CT molecular complexity index is 565. The molecule has 2 aliphatic heterocycles. The molecule has 2 fully saturated rings. The van der Waals surface area contributed by atoms with Crippen LogP contribution in [0.2, 0.25) is 0 Å². The molecule has 132 valence electrons. The fraction of sp³-hybridized carbons (Fsp3) is 0.529. The van der Waals surface area contributed by atoms with Crippen LogP contribution >= 0.6 is 12.4 Å². The van der Waals surface area contributed by atoms with Crippen LogP contribution in [0.5, 0.6) is 5.75 Å². The lowest BCUT2D eigenvalue weighted by molar-refractivity contribution is -0.133. The van der Waals surface area contributed by atoms with Crippen molar-refractivity contribution in [3.8, 4) is 5.75 Å². The van der Waals surface area contributed by atoms with E-state index in [2.05, 4.69) is 5.32 Å². The van der Waals surface area contributed by atoms with Crippen molar-refractivity contribution in [2.24, 2.45) is 0 Å². The number of nitrogens with zero attached hydrogens (tertiary/aromatic N) is 2. The molecule has 24 heavy (non-hydrogen) atoms. The molecule has 0 bridgehead atoms. The summed E-state index contributed by atoms with van der Waals surface area (Å²) in [6.45, 7) is 3.31. The molecule has 2 aliphatic rings. The van der Waals surface area contributed by atoms with Gasteiger partial charge in [-0.1, -0.05) is 0 Å². The van der Waals surface area contributed by atoms with Gasteiger partial charge < -0.3 is 20.2 Å². The van der Waals surface area contributed by atoms with Gasteiger partial charge >= 0.3 is 0 Å². The van der Waals surface area contributed by atoms with Gasteiger partial charge in [-0.15, -0.1) is 12.4 Å². The average molecular weight is 354 g/mol. The molecule has 1 atom stereocenters. The van der Waals surface area contributed by atoms with Gasteiger partial charge in [0.25, 0.3) is 5.91 Å². The summed E-state index contributed by atoms with van der Waals surface area (Å²) in [5.41, 5.74) is 0.567. The number of nitrogens with one attached hydrogen (secondary N) is 1. The fourth-order valence-electron chi connectivity index (χ4n) is 3.22. The zero-order chi connectivity index (χ0) is 16.2. The SMILES string of the molecule is Cl.O=C(CC1CCCN1)N1CCN(C(=O)c2ccc(O)cc2)CC1. The predicted octanol–water partition coefficient (Wildman–Crippen LogP) is 1.24. The number of piperazine rings is 1. The molecule has 0 aromatic heterocycles. The van der Waals surface area contributed by atoms with Crippen molar-refractivity contribution in [1.82, 2.24) is 15.1 Å². The highest BCUT2D eigenvalue weighted by atomic mass is 35.5. The maximum atomic E-state index is 12.4. The van der Waals surface area contributed by atoms with Gasteiger partial charge in [-0.25, -0.2) is 0 Å². The molecule has 6 nitrogen and oxygen atoms in total. The Morgan fingerprint density at radius 2 is 1.71 bits per heavy atom. The number of rotatable bonds is 3. The lowest BCUT2D eigenvalue weighted by Gasteiger charge is -2.35. The Hall–Kier alpha value is -1.79. The molecule has 1 aromatic carbocycles. The second kappa shape index (κ2) is 8.35. The molecule has 2 saturated heterocycles. The molecule has 1 aromatic rings. The average Bonchev–Trinajstić information content (AvgIpc) is 3.08. The third-order valence-corrected chi connectivity index (χ3v) is 4.62. The van der Waals surface area contributed by atoms with Crippen LogP contribution in [0, 0.1) is 0 Å². The highest BCUT2D eigenvalue weighted by molar-refractivity contribution is 5.94. The van der Waals surface area contributed by atoms with Crippen LogP contribution in [-0.2, 0) is 4.79 Å². The molecular formula is C17H24ClN3O3. The summed E-state index contributed by atoms with van der Waals surface area (Å²) in [5, 5.41) is 12.6. The first-order valence-corrected chi connectivity index (χ1v) is 8.23. The van der Waals surface area contributed by atoms with Crippen LogP contribution in [0.1, 0.15) is 29.6 Å². The second-order valence-corrected chi connectivity index (χ2v) is 6.22. The van der Waals surface area contributed by atoms with E-state index in [0.29, 0.717) is 44.2 Å². The van der Waals surface area contributed by atoms with Crippen LogP contribution in [0.15, 0.2) is 24.3 Å². The number of carbonyl (C=O) groups excluding carboxylic acids is 2. The minimum atomic E-state index is -0.0467. The molecular weight excluding hydrogens is 330 g/mol. The van der Waals surface area contributed by atoms with Gasteiger partial charge in [0.15, 0.2) is 0 Å². The third-order valence-electron chi connectivity index (χ3n) is 4.62. The first-order valence-electron chi connectivity index (χ1n) is 8.23. The largest absolute Gasteiger partial charge is 0.508 e. The minimum absolute atomic E-state index is 0. The van der Waals surface area contributed by atoms with E-state index in [9.17, 15) is 14.7 Å². The van der Waals surface area contributed by atoms with E-state index in [1.165, 1.54) is 12.1 Å². The van der Waals surface area contributed by atoms with Crippen molar-refractivity contribution in [2.45, 2.75) is 25.3 Å². The van der Waals surface area contributed by atoms with Gasteiger partial charge in [-0.3, -0.25) is 9.59 Å². The number of phenols is 1. The predicted molar refractivity (Wildman–Crippen MR) is 93.5 cm³/mol. The number of halogens is 1. The molecule has 2 heterocycles. The molecule has 2 amide bonds. The molecule has 3 rings (SSSR count). The molecule has 7 heteroatoms. The van der Waals surface area contributed by atoms with Crippen molar-refractivity contribution >= 4 is 24.2 Å². The number of phenolic OH excluding ortho intramolecular Hbond substituents is 1. The van der Waals surface area contributed by atoms with Crippen LogP contribution < -0.4 is 5.32 Å². The van der Waals surface area contributed by atoms with Gasteiger partial charge in [0.05, 0.1) is 0 Å². The Morgan fingerprint density at radius 1 is 1.08 bits per heavy atom. The first kappa shape index (κ1) is 18.5. The van der Waals surface area contributed by atoms with Crippen LogP contribution in [0.4, 0.5) is 0 Å². The smallest absolute Gasteiger partial charge is 0.253 e. The number of amides is 2. The highest BCUT2D eigenvalue weighted by Crippen LogP contribution is 2.15. The van der Waals surface area contributed by atoms with Gasteiger partial charge in [0.1, 0.15) is 5.75 Å². The van der Waals surface area contributed by atoms with E-state index in [0.717, 1.165) is 19.4 Å². The lowest BCUT2D eigenvalue weighted by atomic mass is 10.1.